The fraction of sp³-hybridized carbons (Fsp3) is 0.222. The van der Waals surface area contributed by atoms with Crippen LogP contribution in [0.15, 0.2) is 79.3 Å². The highest BCUT2D eigenvalue weighted by Crippen LogP contribution is 2.29. The molecular weight excluding hydrogens is 396 g/mol. The van der Waals surface area contributed by atoms with Crippen LogP contribution in [0.1, 0.15) is 48.9 Å². The molecule has 0 radical (unpaired) electrons. The summed E-state index contributed by atoms with van der Waals surface area (Å²) in [5.41, 5.74) is 5.05. The third-order valence-corrected chi connectivity index (χ3v) is 6.25. The van der Waals surface area contributed by atoms with Crippen LogP contribution in [0, 0.1) is 6.92 Å². The van der Waals surface area contributed by atoms with E-state index < -0.39 is 0 Å². The van der Waals surface area contributed by atoms with E-state index in [0.29, 0.717) is 22.9 Å². The maximum Gasteiger partial charge on any atom is 0.213 e. The minimum Gasteiger partial charge on any atom is -0.367 e. The zero-order valence-corrected chi connectivity index (χ0v) is 18.2. The first kappa shape index (κ1) is 20.2. The van der Waals surface area contributed by atoms with Crippen molar-refractivity contribution in [2.75, 3.05) is 18.0 Å². The van der Waals surface area contributed by atoms with Gasteiger partial charge in [0.1, 0.15) is 11.5 Å². The monoisotopic (exact) mass is 426 g/mol. The van der Waals surface area contributed by atoms with Gasteiger partial charge in [0.25, 0.3) is 0 Å². The highest BCUT2D eigenvalue weighted by Gasteiger charge is 2.23. The molecular formula is C27H30N4O. The van der Waals surface area contributed by atoms with Gasteiger partial charge in [-0.1, -0.05) is 36.4 Å². The van der Waals surface area contributed by atoms with Crippen LogP contribution in [-0.2, 0) is 0 Å². The summed E-state index contributed by atoms with van der Waals surface area (Å²) in [6.07, 6.45) is 7.86. The van der Waals surface area contributed by atoms with Crippen LogP contribution in [0.3, 0.4) is 0 Å². The first-order valence-electron chi connectivity index (χ1n) is 11.1. The standard InChI is InChI=1S/C27H26N4O.2H2/c1-19-24(15-23(17-29-19)21-12-13-28-16-21)27(32)25-10-5-11-26(30-25)31-14-6-9-22(18-31)20-7-3-2-4-8-20;;/h2-5,7-8,10-13,15-17,22,28H,6,9,14,18H2,1H3;2*1H. The Labute approximate surface area is 191 Å². The third-order valence-electron chi connectivity index (χ3n) is 6.25. The van der Waals surface area contributed by atoms with E-state index in [1.54, 1.807) is 12.3 Å². The number of aromatic amines is 1. The lowest BCUT2D eigenvalue weighted by atomic mass is 9.90. The SMILES string of the molecule is Cc1ncc(-c2cc[nH]c2)cc1C(=O)c1cccc(N2CCCC(c3ccccc3)C2)n1.[HH].[HH]. The van der Waals surface area contributed by atoms with Gasteiger partial charge in [0.05, 0.1) is 0 Å². The molecule has 164 valence electrons. The smallest absolute Gasteiger partial charge is 0.213 e. The van der Waals surface area contributed by atoms with Gasteiger partial charge < -0.3 is 9.88 Å². The Morgan fingerprint density at radius 3 is 2.78 bits per heavy atom. The second kappa shape index (κ2) is 8.79. The van der Waals surface area contributed by atoms with Gasteiger partial charge >= 0.3 is 0 Å². The van der Waals surface area contributed by atoms with Crippen LogP contribution >= 0.6 is 0 Å². The number of nitrogens with one attached hydrogen (secondary N) is 1. The van der Waals surface area contributed by atoms with Crippen molar-refractivity contribution in [3.05, 3.63) is 102 Å². The van der Waals surface area contributed by atoms with Crippen molar-refractivity contribution >= 4 is 11.6 Å². The molecule has 1 saturated heterocycles. The van der Waals surface area contributed by atoms with Crippen molar-refractivity contribution in [1.82, 2.24) is 15.0 Å². The van der Waals surface area contributed by atoms with Crippen molar-refractivity contribution in [3.63, 3.8) is 0 Å². The zero-order valence-electron chi connectivity index (χ0n) is 18.2. The summed E-state index contributed by atoms with van der Waals surface area (Å²) >= 11 is 0. The maximum absolute atomic E-state index is 13.4. The summed E-state index contributed by atoms with van der Waals surface area (Å²) in [7, 11) is 0. The van der Waals surface area contributed by atoms with Crippen molar-refractivity contribution < 1.29 is 7.65 Å². The molecule has 1 unspecified atom stereocenters. The third kappa shape index (κ3) is 4.06. The quantitative estimate of drug-likeness (QED) is 0.404. The van der Waals surface area contributed by atoms with E-state index in [1.807, 2.05) is 43.6 Å². The Morgan fingerprint density at radius 1 is 1.09 bits per heavy atom. The topological polar surface area (TPSA) is 61.9 Å². The number of ketones is 1. The van der Waals surface area contributed by atoms with Crippen molar-refractivity contribution in [1.29, 1.82) is 0 Å². The summed E-state index contributed by atoms with van der Waals surface area (Å²) in [6, 6.07) is 20.3. The summed E-state index contributed by atoms with van der Waals surface area (Å²) in [6.45, 7) is 3.74. The lowest BCUT2D eigenvalue weighted by Gasteiger charge is -2.34. The molecule has 1 aliphatic heterocycles. The number of aryl methyl sites for hydroxylation is 1. The van der Waals surface area contributed by atoms with Gasteiger partial charge in [-0.15, -0.1) is 0 Å². The summed E-state index contributed by atoms with van der Waals surface area (Å²) in [5.74, 6) is 1.25. The Bertz CT molecular complexity index is 1230. The molecule has 4 heterocycles. The zero-order chi connectivity index (χ0) is 21.9. The molecule has 5 nitrogen and oxygen atoms in total. The number of aromatic nitrogens is 3. The number of nitrogens with zero attached hydrogens (tertiary/aromatic N) is 3. The van der Waals surface area contributed by atoms with Gasteiger partial charge in [0.2, 0.25) is 5.78 Å². The van der Waals surface area contributed by atoms with Crippen LogP contribution in [0.4, 0.5) is 5.82 Å². The van der Waals surface area contributed by atoms with Gasteiger partial charge in [0.15, 0.2) is 0 Å². The van der Waals surface area contributed by atoms with Crippen LogP contribution in [0.5, 0.6) is 0 Å². The minimum atomic E-state index is -0.0918. The van der Waals surface area contributed by atoms with Crippen LogP contribution in [-0.4, -0.2) is 33.8 Å². The molecule has 1 N–H and O–H groups in total. The lowest BCUT2D eigenvalue weighted by Crippen LogP contribution is -2.35. The number of carbonyl (C=O) groups is 1. The van der Waals surface area contributed by atoms with Crippen LogP contribution in [0.2, 0.25) is 0 Å². The number of rotatable bonds is 5. The van der Waals surface area contributed by atoms with E-state index in [-0.39, 0.29) is 8.64 Å². The average Bonchev–Trinajstić information content (AvgIpc) is 3.40. The molecule has 1 aliphatic rings. The molecule has 3 aromatic heterocycles. The number of benzene rings is 1. The molecule has 4 aromatic rings. The maximum atomic E-state index is 13.4. The number of pyridine rings is 2. The van der Waals surface area contributed by atoms with Crippen LogP contribution in [0.25, 0.3) is 11.1 Å². The minimum absolute atomic E-state index is 0. The van der Waals surface area contributed by atoms with E-state index in [1.165, 1.54) is 12.0 Å². The molecule has 0 spiro atoms. The van der Waals surface area contributed by atoms with Crippen molar-refractivity contribution in [2.45, 2.75) is 25.7 Å². The van der Waals surface area contributed by atoms with Gasteiger partial charge in [-0.2, -0.15) is 0 Å². The van der Waals surface area contributed by atoms with Gasteiger partial charge in [-0.05, 0) is 49.6 Å². The van der Waals surface area contributed by atoms with Crippen molar-refractivity contribution in [2.24, 2.45) is 0 Å². The Kier molecular flexibility index (Phi) is 5.55. The fourth-order valence-corrected chi connectivity index (χ4v) is 4.47. The second-order valence-electron chi connectivity index (χ2n) is 8.36. The number of carbonyl (C=O) groups excluding carboxylic acids is 1. The summed E-state index contributed by atoms with van der Waals surface area (Å²) in [5, 5.41) is 0. The number of anilines is 1. The molecule has 0 aliphatic carbocycles. The predicted octanol–water partition coefficient (Wildman–Crippen LogP) is 5.89. The van der Waals surface area contributed by atoms with Gasteiger partial charge in [-0.25, -0.2) is 4.98 Å². The molecule has 0 saturated carbocycles. The first-order valence-corrected chi connectivity index (χ1v) is 11.1. The van der Waals surface area contributed by atoms with E-state index in [9.17, 15) is 4.79 Å². The molecule has 1 fully saturated rings. The first-order chi connectivity index (χ1) is 15.7. The molecule has 32 heavy (non-hydrogen) atoms. The molecule has 5 rings (SSSR count). The highest BCUT2D eigenvalue weighted by atomic mass is 16.1. The fourth-order valence-electron chi connectivity index (χ4n) is 4.47. The Hall–Kier alpha value is -3.73. The highest BCUT2D eigenvalue weighted by molar-refractivity contribution is 6.09. The van der Waals surface area contributed by atoms with Gasteiger partial charge in [0, 0.05) is 62.8 Å². The van der Waals surface area contributed by atoms with E-state index in [0.717, 1.165) is 36.5 Å². The van der Waals surface area contributed by atoms with Crippen LogP contribution < -0.4 is 4.90 Å². The van der Waals surface area contributed by atoms with E-state index in [4.69, 9.17) is 4.98 Å². The average molecular weight is 427 g/mol. The normalized spacial score (nSPS) is 16.2. The number of hydrogen-bond acceptors (Lipinski definition) is 4. The number of H-pyrrole nitrogens is 1. The molecule has 1 aromatic carbocycles. The lowest BCUT2D eigenvalue weighted by molar-refractivity contribution is 0.103. The molecule has 0 amide bonds. The van der Waals surface area contributed by atoms with E-state index >= 15 is 0 Å². The van der Waals surface area contributed by atoms with E-state index in [2.05, 4.69) is 45.2 Å². The molecule has 0 bridgehead atoms. The largest absolute Gasteiger partial charge is 0.367 e. The Balaban J connectivity index is 0.00000162. The molecule has 5 heteroatoms. The predicted molar refractivity (Wildman–Crippen MR) is 131 cm³/mol. The number of piperidine rings is 1. The Morgan fingerprint density at radius 2 is 1.97 bits per heavy atom. The van der Waals surface area contributed by atoms with Crippen molar-refractivity contribution in [3.8, 4) is 11.1 Å². The second-order valence-corrected chi connectivity index (χ2v) is 8.36. The summed E-state index contributed by atoms with van der Waals surface area (Å²) < 4.78 is 0. The number of hydrogen-bond donors (Lipinski definition) is 1. The van der Waals surface area contributed by atoms with Gasteiger partial charge in [-0.3, -0.25) is 9.78 Å². The summed E-state index contributed by atoms with van der Waals surface area (Å²) in [4.78, 5) is 28.0. The molecule has 1 atom stereocenters.